The number of thiophene rings is 1. The van der Waals surface area contributed by atoms with Crippen LogP contribution in [0.2, 0.25) is 0 Å². The van der Waals surface area contributed by atoms with Crippen molar-refractivity contribution in [3.8, 4) is 0 Å². The van der Waals surface area contributed by atoms with Crippen LogP contribution in [0, 0.1) is 0 Å². The van der Waals surface area contributed by atoms with Gasteiger partial charge in [-0.3, -0.25) is 9.00 Å². The Morgan fingerprint density at radius 1 is 1.50 bits per heavy atom. The molecule has 0 bridgehead atoms. The van der Waals surface area contributed by atoms with Gasteiger partial charge in [-0.05, 0) is 18.9 Å². The first-order chi connectivity index (χ1) is 7.65. The van der Waals surface area contributed by atoms with Crippen molar-refractivity contribution in [3.63, 3.8) is 0 Å². The Bertz CT molecular complexity index is 406. The summed E-state index contributed by atoms with van der Waals surface area (Å²) in [5.41, 5.74) is 0. The van der Waals surface area contributed by atoms with E-state index < -0.39 is 10.8 Å². The standard InChI is InChI=1S/C10H13NO2S3/c12-10(9-5-8(14)6-15-9)11-7-1-3-16(13)4-2-7/h5-7,14H,1-4H2,(H,11,12). The van der Waals surface area contributed by atoms with Crippen molar-refractivity contribution < 1.29 is 9.00 Å². The predicted octanol–water partition coefficient (Wildman–Crippen LogP) is 1.68. The molecule has 1 saturated heterocycles. The molecular formula is C10H13NO2S3. The summed E-state index contributed by atoms with van der Waals surface area (Å²) in [7, 11) is -0.677. The molecule has 3 nitrogen and oxygen atoms in total. The van der Waals surface area contributed by atoms with Gasteiger partial charge in [0.25, 0.3) is 5.91 Å². The molecule has 0 saturated carbocycles. The third-order valence-electron chi connectivity index (χ3n) is 2.53. The van der Waals surface area contributed by atoms with Gasteiger partial charge in [0.15, 0.2) is 0 Å². The number of rotatable bonds is 2. The van der Waals surface area contributed by atoms with Crippen molar-refractivity contribution in [2.45, 2.75) is 23.8 Å². The normalized spacial score (nSPS) is 25.3. The second kappa shape index (κ2) is 5.33. The molecule has 0 unspecified atom stereocenters. The Kier molecular flexibility index (Phi) is 4.05. The molecule has 0 radical (unpaired) electrons. The SMILES string of the molecule is O=C(NC1CCS(=O)CC1)c1cc(S)cs1. The van der Waals surface area contributed by atoms with Crippen molar-refractivity contribution in [1.29, 1.82) is 0 Å². The number of nitrogens with one attached hydrogen (secondary N) is 1. The zero-order valence-corrected chi connectivity index (χ0v) is 11.2. The minimum absolute atomic E-state index is 0.0389. The average molecular weight is 275 g/mol. The average Bonchev–Trinajstić information content (AvgIpc) is 2.68. The second-order valence-electron chi connectivity index (χ2n) is 3.76. The lowest BCUT2D eigenvalue weighted by atomic mass is 10.1. The monoisotopic (exact) mass is 275 g/mol. The molecule has 1 amide bonds. The third-order valence-corrected chi connectivity index (χ3v) is 5.28. The smallest absolute Gasteiger partial charge is 0.261 e. The van der Waals surface area contributed by atoms with Gasteiger partial charge in [-0.2, -0.15) is 0 Å². The van der Waals surface area contributed by atoms with E-state index in [4.69, 9.17) is 0 Å². The molecule has 88 valence electrons. The van der Waals surface area contributed by atoms with E-state index in [-0.39, 0.29) is 11.9 Å². The molecule has 1 aromatic rings. The fraction of sp³-hybridized carbons (Fsp3) is 0.500. The van der Waals surface area contributed by atoms with E-state index in [9.17, 15) is 9.00 Å². The lowest BCUT2D eigenvalue weighted by molar-refractivity contribution is 0.0938. The maximum atomic E-state index is 11.8. The van der Waals surface area contributed by atoms with E-state index in [1.165, 1.54) is 11.3 Å². The Labute approximate surface area is 106 Å². The van der Waals surface area contributed by atoms with Gasteiger partial charge in [0.05, 0.1) is 4.88 Å². The number of thiol groups is 1. The van der Waals surface area contributed by atoms with Crippen molar-refractivity contribution in [2.24, 2.45) is 0 Å². The highest BCUT2D eigenvalue weighted by Gasteiger charge is 2.20. The van der Waals surface area contributed by atoms with Gasteiger partial charge in [0.1, 0.15) is 0 Å². The van der Waals surface area contributed by atoms with E-state index in [1.807, 2.05) is 5.38 Å². The van der Waals surface area contributed by atoms with Gasteiger partial charge in [-0.1, -0.05) is 0 Å². The summed E-state index contributed by atoms with van der Waals surface area (Å²) in [5.74, 6) is 1.36. The van der Waals surface area contributed by atoms with Crippen LogP contribution in [0.5, 0.6) is 0 Å². The molecule has 6 heteroatoms. The van der Waals surface area contributed by atoms with Crippen LogP contribution < -0.4 is 5.32 Å². The van der Waals surface area contributed by atoms with Gasteiger partial charge in [-0.25, -0.2) is 0 Å². The van der Waals surface area contributed by atoms with Crippen molar-refractivity contribution >= 4 is 40.7 Å². The van der Waals surface area contributed by atoms with Gasteiger partial charge in [0, 0.05) is 38.6 Å². The molecule has 1 aliphatic rings. The highest BCUT2D eigenvalue weighted by molar-refractivity contribution is 7.85. The van der Waals surface area contributed by atoms with E-state index in [0.717, 1.165) is 17.7 Å². The van der Waals surface area contributed by atoms with E-state index in [1.54, 1.807) is 6.07 Å². The van der Waals surface area contributed by atoms with Gasteiger partial charge in [0.2, 0.25) is 0 Å². The van der Waals surface area contributed by atoms with Crippen molar-refractivity contribution in [3.05, 3.63) is 16.3 Å². The van der Waals surface area contributed by atoms with Crippen molar-refractivity contribution in [2.75, 3.05) is 11.5 Å². The highest BCUT2D eigenvalue weighted by atomic mass is 32.2. The van der Waals surface area contributed by atoms with Gasteiger partial charge >= 0.3 is 0 Å². The topological polar surface area (TPSA) is 46.2 Å². The molecule has 0 aromatic carbocycles. The van der Waals surface area contributed by atoms with Crippen LogP contribution >= 0.6 is 24.0 Å². The van der Waals surface area contributed by atoms with Crippen molar-refractivity contribution in [1.82, 2.24) is 5.32 Å². The van der Waals surface area contributed by atoms with Crippen LogP contribution in [-0.2, 0) is 10.8 Å². The molecule has 1 aliphatic heterocycles. The molecule has 0 spiro atoms. The Balaban J connectivity index is 1.90. The van der Waals surface area contributed by atoms with Crippen LogP contribution in [-0.4, -0.2) is 27.7 Å². The summed E-state index contributed by atoms with van der Waals surface area (Å²) in [6.07, 6.45) is 1.63. The molecule has 0 aliphatic carbocycles. The summed E-state index contributed by atoms with van der Waals surface area (Å²) in [4.78, 5) is 13.3. The fourth-order valence-electron chi connectivity index (χ4n) is 1.64. The summed E-state index contributed by atoms with van der Waals surface area (Å²) in [6.45, 7) is 0. The number of amides is 1. The first-order valence-electron chi connectivity index (χ1n) is 5.08. The highest BCUT2D eigenvalue weighted by Crippen LogP contribution is 2.18. The summed E-state index contributed by atoms with van der Waals surface area (Å²) in [6, 6.07) is 1.94. The zero-order chi connectivity index (χ0) is 11.5. The van der Waals surface area contributed by atoms with Crippen LogP contribution in [0.4, 0.5) is 0 Å². The van der Waals surface area contributed by atoms with Crippen LogP contribution in [0.1, 0.15) is 22.5 Å². The lowest BCUT2D eigenvalue weighted by Gasteiger charge is -2.22. The van der Waals surface area contributed by atoms with Crippen LogP contribution in [0.25, 0.3) is 0 Å². The summed E-state index contributed by atoms with van der Waals surface area (Å²) >= 11 is 5.57. The molecule has 2 rings (SSSR count). The van der Waals surface area contributed by atoms with Gasteiger partial charge < -0.3 is 5.32 Å². The molecule has 1 aromatic heterocycles. The zero-order valence-electron chi connectivity index (χ0n) is 8.64. The lowest BCUT2D eigenvalue weighted by Crippen LogP contribution is -2.39. The minimum Gasteiger partial charge on any atom is -0.349 e. The molecular weight excluding hydrogens is 262 g/mol. The molecule has 0 atom stereocenters. The number of carbonyl (C=O) groups excluding carboxylic acids is 1. The number of hydrogen-bond acceptors (Lipinski definition) is 4. The minimum atomic E-state index is -0.677. The van der Waals surface area contributed by atoms with E-state index in [0.29, 0.717) is 16.4 Å². The second-order valence-corrected chi connectivity index (χ2v) is 6.89. The van der Waals surface area contributed by atoms with Gasteiger partial charge in [-0.15, -0.1) is 24.0 Å². The Morgan fingerprint density at radius 3 is 2.75 bits per heavy atom. The van der Waals surface area contributed by atoms with E-state index in [2.05, 4.69) is 17.9 Å². The third kappa shape index (κ3) is 3.09. The fourth-order valence-corrected chi connectivity index (χ4v) is 3.99. The number of hydrogen-bond donors (Lipinski definition) is 2. The number of carbonyl (C=O) groups is 1. The first kappa shape index (κ1) is 12.1. The quantitative estimate of drug-likeness (QED) is 0.807. The Hall–Kier alpha value is -0.330. The molecule has 1 fully saturated rings. The molecule has 1 N–H and O–H groups in total. The van der Waals surface area contributed by atoms with Crippen LogP contribution in [0.15, 0.2) is 16.3 Å². The molecule has 2 heterocycles. The van der Waals surface area contributed by atoms with Crippen LogP contribution in [0.3, 0.4) is 0 Å². The van der Waals surface area contributed by atoms with E-state index >= 15 is 0 Å². The summed E-state index contributed by atoms with van der Waals surface area (Å²) < 4.78 is 11.2. The largest absolute Gasteiger partial charge is 0.349 e. The Morgan fingerprint density at radius 2 is 2.19 bits per heavy atom. The predicted molar refractivity (Wildman–Crippen MR) is 69.9 cm³/mol. The summed E-state index contributed by atoms with van der Waals surface area (Å²) in [5, 5.41) is 4.81. The molecule has 16 heavy (non-hydrogen) atoms. The maximum Gasteiger partial charge on any atom is 0.261 e. The first-order valence-corrected chi connectivity index (χ1v) is 7.90. The maximum absolute atomic E-state index is 11.8.